The first-order chi connectivity index (χ1) is 15.1. The lowest BCUT2D eigenvalue weighted by molar-refractivity contribution is -0.115. The molecule has 4 rings (SSSR count). The molecule has 31 heavy (non-hydrogen) atoms. The van der Waals surface area contributed by atoms with Gasteiger partial charge in [-0.3, -0.25) is 4.79 Å². The van der Waals surface area contributed by atoms with Crippen molar-refractivity contribution in [1.82, 2.24) is 5.32 Å². The first kappa shape index (κ1) is 21.3. The van der Waals surface area contributed by atoms with Crippen LogP contribution in [-0.4, -0.2) is 24.2 Å². The maximum Gasteiger partial charge on any atom is 0.264 e. The van der Waals surface area contributed by atoms with Gasteiger partial charge in [-0.05, 0) is 74.1 Å². The van der Waals surface area contributed by atoms with Crippen LogP contribution in [-0.2, 0) is 4.79 Å². The number of amides is 1. The molecule has 5 nitrogen and oxygen atoms in total. The number of furan rings is 1. The number of hydrogen-bond acceptors (Lipinski definition) is 5. The van der Waals surface area contributed by atoms with Crippen molar-refractivity contribution in [2.45, 2.75) is 13.8 Å². The third kappa shape index (κ3) is 4.86. The minimum atomic E-state index is -0.195. The van der Waals surface area contributed by atoms with Crippen LogP contribution >= 0.6 is 23.4 Å². The summed E-state index contributed by atoms with van der Waals surface area (Å²) < 4.78 is 5.87. The number of carbonyl (C=O) groups excluding carboxylic acids is 1. The van der Waals surface area contributed by atoms with Gasteiger partial charge in [0, 0.05) is 30.4 Å². The highest BCUT2D eigenvalue weighted by Gasteiger charge is 2.24. The van der Waals surface area contributed by atoms with E-state index < -0.39 is 0 Å². The normalized spacial score (nSPS) is 16.2. The molecule has 1 amide bonds. The van der Waals surface area contributed by atoms with Crippen molar-refractivity contribution in [3.8, 4) is 11.3 Å². The minimum Gasteiger partial charge on any atom is -0.457 e. The summed E-state index contributed by atoms with van der Waals surface area (Å²) in [6, 6.07) is 19.1. The molecule has 0 aliphatic carbocycles. The highest BCUT2D eigenvalue weighted by atomic mass is 35.5. The van der Waals surface area contributed by atoms with Crippen LogP contribution in [0.4, 0.5) is 11.4 Å². The number of halogens is 1. The van der Waals surface area contributed by atoms with Crippen molar-refractivity contribution < 1.29 is 9.21 Å². The van der Waals surface area contributed by atoms with E-state index in [2.05, 4.69) is 29.1 Å². The van der Waals surface area contributed by atoms with Gasteiger partial charge in [0.1, 0.15) is 11.5 Å². The Morgan fingerprint density at radius 1 is 1.06 bits per heavy atom. The Morgan fingerprint density at radius 3 is 2.52 bits per heavy atom. The molecule has 0 atom stereocenters. The lowest BCUT2D eigenvalue weighted by Gasteiger charge is -2.20. The second-order valence-electron chi connectivity index (χ2n) is 6.85. The molecule has 3 aromatic rings. The standard InChI is InChI=1S/C24H22ClN3O2S/c1-3-28(4-2)17-11-9-16(10-12-17)26-24-27-23(29)22(31-24)15-18-13-14-21(30-18)19-7-5-6-8-20(19)25/h5-15H,3-4H2,1-2H3,(H,26,27,29)/b22-15+. The maximum absolute atomic E-state index is 12.4. The zero-order valence-electron chi connectivity index (χ0n) is 17.3. The summed E-state index contributed by atoms with van der Waals surface area (Å²) in [7, 11) is 0. The van der Waals surface area contributed by atoms with E-state index in [1.807, 2.05) is 60.7 Å². The van der Waals surface area contributed by atoms with Gasteiger partial charge in [0.05, 0.1) is 15.6 Å². The fraction of sp³-hybridized carbons (Fsp3) is 0.167. The highest BCUT2D eigenvalue weighted by molar-refractivity contribution is 8.18. The molecule has 0 bridgehead atoms. The molecule has 1 aromatic heterocycles. The molecular weight excluding hydrogens is 430 g/mol. The van der Waals surface area contributed by atoms with Crippen molar-refractivity contribution in [2.24, 2.45) is 4.99 Å². The fourth-order valence-corrected chi connectivity index (χ4v) is 4.34. The molecule has 0 saturated carbocycles. The zero-order valence-corrected chi connectivity index (χ0v) is 18.8. The Balaban J connectivity index is 1.49. The SMILES string of the molecule is CCN(CC)c1ccc(N=C2NC(=O)/C(=C\c3ccc(-c4ccccc4Cl)o3)S2)cc1. The smallest absolute Gasteiger partial charge is 0.264 e. The van der Waals surface area contributed by atoms with E-state index in [1.165, 1.54) is 11.8 Å². The summed E-state index contributed by atoms with van der Waals surface area (Å²) in [5.74, 6) is 1.04. The Kier molecular flexibility index (Phi) is 6.49. The lowest BCUT2D eigenvalue weighted by Crippen LogP contribution is -2.21. The van der Waals surface area contributed by atoms with Gasteiger partial charge in [-0.25, -0.2) is 4.99 Å². The number of nitrogens with zero attached hydrogens (tertiary/aromatic N) is 2. The van der Waals surface area contributed by atoms with Crippen LogP contribution in [0.5, 0.6) is 0 Å². The molecule has 2 heterocycles. The van der Waals surface area contributed by atoms with E-state index in [9.17, 15) is 4.79 Å². The summed E-state index contributed by atoms with van der Waals surface area (Å²) in [6.45, 7) is 6.17. The minimum absolute atomic E-state index is 0.195. The number of benzene rings is 2. The summed E-state index contributed by atoms with van der Waals surface area (Å²) in [5, 5.41) is 3.97. The van der Waals surface area contributed by atoms with Gasteiger partial charge in [-0.2, -0.15) is 0 Å². The van der Waals surface area contributed by atoms with Crippen LogP contribution in [0, 0.1) is 0 Å². The summed E-state index contributed by atoms with van der Waals surface area (Å²) >= 11 is 7.53. The fourth-order valence-electron chi connectivity index (χ4n) is 3.29. The summed E-state index contributed by atoms with van der Waals surface area (Å²) in [4.78, 5) is 19.7. The van der Waals surface area contributed by atoms with Gasteiger partial charge >= 0.3 is 0 Å². The van der Waals surface area contributed by atoms with Crippen molar-refractivity contribution in [2.75, 3.05) is 18.0 Å². The summed E-state index contributed by atoms with van der Waals surface area (Å²) in [6.07, 6.45) is 1.71. The number of rotatable bonds is 6. The van der Waals surface area contributed by atoms with Crippen LogP contribution in [0.3, 0.4) is 0 Å². The number of amidine groups is 1. The highest BCUT2D eigenvalue weighted by Crippen LogP contribution is 2.32. The number of thioether (sulfide) groups is 1. The average Bonchev–Trinajstić information content (AvgIpc) is 3.37. The molecule has 1 aliphatic rings. The molecule has 7 heteroatoms. The van der Waals surface area contributed by atoms with Crippen molar-refractivity contribution in [3.63, 3.8) is 0 Å². The number of hydrogen-bond donors (Lipinski definition) is 1. The number of aliphatic imine (C=N–C) groups is 1. The summed E-state index contributed by atoms with van der Waals surface area (Å²) in [5.41, 5.74) is 2.76. The number of anilines is 1. The van der Waals surface area contributed by atoms with Gasteiger partial charge in [-0.1, -0.05) is 23.7 Å². The quantitative estimate of drug-likeness (QED) is 0.444. The number of carbonyl (C=O) groups is 1. The molecule has 1 saturated heterocycles. The number of nitrogens with one attached hydrogen (secondary N) is 1. The van der Waals surface area contributed by atoms with Crippen LogP contribution in [0.2, 0.25) is 5.02 Å². The van der Waals surface area contributed by atoms with E-state index in [4.69, 9.17) is 16.0 Å². The third-order valence-corrected chi connectivity index (χ3v) is 6.14. The maximum atomic E-state index is 12.4. The molecule has 0 unspecified atom stereocenters. The van der Waals surface area contributed by atoms with Gasteiger partial charge in [0.2, 0.25) is 0 Å². The third-order valence-electron chi connectivity index (χ3n) is 4.90. The first-order valence-electron chi connectivity index (χ1n) is 10.1. The second-order valence-corrected chi connectivity index (χ2v) is 8.29. The largest absolute Gasteiger partial charge is 0.457 e. The molecule has 2 aromatic carbocycles. The van der Waals surface area contributed by atoms with Gasteiger partial charge in [0.15, 0.2) is 5.17 Å². The van der Waals surface area contributed by atoms with Crippen LogP contribution in [0.25, 0.3) is 17.4 Å². The first-order valence-corrected chi connectivity index (χ1v) is 11.3. The van der Waals surface area contributed by atoms with Gasteiger partial charge < -0.3 is 14.6 Å². The van der Waals surface area contributed by atoms with Crippen molar-refractivity contribution in [3.05, 3.63) is 76.4 Å². The average molecular weight is 452 g/mol. The topological polar surface area (TPSA) is 57.8 Å². The van der Waals surface area contributed by atoms with Gasteiger partial charge in [0.25, 0.3) is 5.91 Å². The van der Waals surface area contributed by atoms with Gasteiger partial charge in [-0.15, -0.1) is 0 Å². The predicted octanol–water partition coefficient (Wildman–Crippen LogP) is 6.34. The molecule has 1 aliphatic heterocycles. The second kappa shape index (κ2) is 9.45. The molecular formula is C24H22ClN3O2S. The molecule has 158 valence electrons. The Bertz CT molecular complexity index is 1150. The van der Waals surface area contributed by atoms with E-state index >= 15 is 0 Å². The zero-order chi connectivity index (χ0) is 21.8. The lowest BCUT2D eigenvalue weighted by atomic mass is 10.2. The molecule has 0 spiro atoms. The molecule has 1 N–H and O–H groups in total. The Hall–Kier alpha value is -2.96. The van der Waals surface area contributed by atoms with Crippen molar-refractivity contribution >= 4 is 51.9 Å². The van der Waals surface area contributed by atoms with E-state index in [1.54, 1.807) is 6.08 Å². The van der Waals surface area contributed by atoms with Crippen LogP contribution < -0.4 is 10.2 Å². The van der Waals surface area contributed by atoms with E-state index in [0.717, 1.165) is 30.0 Å². The van der Waals surface area contributed by atoms with Crippen molar-refractivity contribution in [1.29, 1.82) is 0 Å². The van der Waals surface area contributed by atoms with E-state index in [-0.39, 0.29) is 5.91 Å². The monoisotopic (exact) mass is 451 g/mol. The molecule has 0 radical (unpaired) electrons. The Morgan fingerprint density at radius 2 is 1.81 bits per heavy atom. The Labute approximate surface area is 190 Å². The van der Waals surface area contributed by atoms with Crippen LogP contribution in [0.15, 0.2) is 75.0 Å². The van der Waals surface area contributed by atoms with Crippen LogP contribution in [0.1, 0.15) is 19.6 Å². The predicted molar refractivity (Wildman–Crippen MR) is 130 cm³/mol. The van der Waals surface area contributed by atoms with E-state index in [0.29, 0.717) is 26.6 Å². The molecule has 1 fully saturated rings.